The summed E-state index contributed by atoms with van der Waals surface area (Å²) in [6, 6.07) is 13.3. The van der Waals surface area contributed by atoms with E-state index in [4.69, 9.17) is 4.74 Å². The Morgan fingerprint density at radius 1 is 1.07 bits per heavy atom. The third-order valence-corrected chi connectivity index (χ3v) is 4.34. The Labute approximate surface area is 167 Å². The Bertz CT molecular complexity index is 796. The fraction of sp³-hybridized carbons (Fsp3) is 0.300. The molecule has 0 spiro atoms. The lowest BCUT2D eigenvalue weighted by Crippen LogP contribution is -2.35. The minimum absolute atomic E-state index is 0.179. The van der Waals surface area contributed by atoms with Gasteiger partial charge < -0.3 is 20.7 Å². The van der Waals surface area contributed by atoms with Crippen molar-refractivity contribution in [1.29, 1.82) is 0 Å². The molecular weight excluding hydrogens is 410 g/mol. The summed E-state index contributed by atoms with van der Waals surface area (Å²) in [7, 11) is 1.54. The zero-order valence-corrected chi connectivity index (χ0v) is 17.1. The maximum atomic E-state index is 11.9. The minimum atomic E-state index is -0.221. The number of urea groups is 1. The number of methoxy groups -OCH3 is 1. The van der Waals surface area contributed by atoms with E-state index >= 15 is 0 Å². The van der Waals surface area contributed by atoms with Crippen LogP contribution in [0, 0.1) is 0 Å². The van der Waals surface area contributed by atoms with Crippen LogP contribution in [-0.2, 0) is 17.8 Å². The van der Waals surface area contributed by atoms with Crippen LogP contribution in [0.1, 0.15) is 24.5 Å². The molecule has 2 aromatic carbocycles. The Hall–Kier alpha value is -2.54. The van der Waals surface area contributed by atoms with Gasteiger partial charge in [-0.3, -0.25) is 4.79 Å². The molecule has 0 saturated heterocycles. The molecule has 0 atom stereocenters. The molecule has 3 amide bonds. The number of aryl methyl sites for hydroxylation is 1. The number of carbonyl (C=O) groups excluding carboxylic acids is 2. The predicted octanol–water partition coefficient (Wildman–Crippen LogP) is 3.85. The highest BCUT2D eigenvalue weighted by atomic mass is 79.9. The number of ether oxygens (including phenoxy) is 1. The number of halogens is 1. The van der Waals surface area contributed by atoms with Gasteiger partial charge in [-0.15, -0.1) is 0 Å². The second-order valence-corrected chi connectivity index (χ2v) is 6.97. The van der Waals surface area contributed by atoms with Crippen LogP contribution in [0.5, 0.6) is 5.75 Å². The van der Waals surface area contributed by atoms with Crippen LogP contribution in [0.25, 0.3) is 0 Å². The van der Waals surface area contributed by atoms with E-state index in [2.05, 4.69) is 44.0 Å². The van der Waals surface area contributed by atoms with Gasteiger partial charge >= 0.3 is 6.03 Å². The second-order valence-electron chi connectivity index (χ2n) is 6.06. The van der Waals surface area contributed by atoms with E-state index in [1.807, 2.05) is 18.2 Å². The van der Waals surface area contributed by atoms with Crippen molar-refractivity contribution in [2.75, 3.05) is 19.0 Å². The van der Waals surface area contributed by atoms with Gasteiger partial charge in [-0.25, -0.2) is 4.79 Å². The summed E-state index contributed by atoms with van der Waals surface area (Å²) in [5, 5.41) is 8.38. The third-order valence-electron chi connectivity index (χ3n) is 3.84. The molecule has 0 unspecified atom stereocenters. The topological polar surface area (TPSA) is 79.5 Å². The first-order chi connectivity index (χ1) is 13.0. The van der Waals surface area contributed by atoms with Crippen LogP contribution < -0.4 is 20.7 Å². The summed E-state index contributed by atoms with van der Waals surface area (Å²) >= 11 is 3.45. The SMILES string of the molecule is COc1ccc(CNC(=O)NCCCc2cccc(Br)c2)cc1NC(C)=O. The molecule has 144 valence electrons. The van der Waals surface area contributed by atoms with Gasteiger partial charge in [-0.2, -0.15) is 0 Å². The molecule has 2 rings (SSSR count). The first kappa shape index (κ1) is 20.8. The van der Waals surface area contributed by atoms with Crippen LogP contribution in [0.3, 0.4) is 0 Å². The van der Waals surface area contributed by atoms with Gasteiger partial charge in [0.25, 0.3) is 0 Å². The van der Waals surface area contributed by atoms with E-state index in [0.717, 1.165) is 22.9 Å². The largest absolute Gasteiger partial charge is 0.495 e. The molecule has 0 fully saturated rings. The van der Waals surface area contributed by atoms with E-state index in [0.29, 0.717) is 24.5 Å². The number of hydrogen-bond acceptors (Lipinski definition) is 3. The van der Waals surface area contributed by atoms with E-state index in [9.17, 15) is 9.59 Å². The zero-order valence-electron chi connectivity index (χ0n) is 15.5. The van der Waals surface area contributed by atoms with Crippen molar-refractivity contribution in [2.24, 2.45) is 0 Å². The highest BCUT2D eigenvalue weighted by molar-refractivity contribution is 9.10. The fourth-order valence-electron chi connectivity index (χ4n) is 2.58. The quantitative estimate of drug-likeness (QED) is 0.553. The summed E-state index contributed by atoms with van der Waals surface area (Å²) in [6.45, 7) is 2.39. The van der Waals surface area contributed by atoms with Gasteiger partial charge in [0.2, 0.25) is 5.91 Å². The summed E-state index contributed by atoms with van der Waals surface area (Å²) in [6.07, 6.45) is 1.76. The highest BCUT2D eigenvalue weighted by Crippen LogP contribution is 2.25. The number of hydrogen-bond donors (Lipinski definition) is 3. The third kappa shape index (κ3) is 7.30. The lowest BCUT2D eigenvalue weighted by atomic mass is 10.1. The number of anilines is 1. The zero-order chi connectivity index (χ0) is 19.6. The average molecular weight is 434 g/mol. The molecule has 3 N–H and O–H groups in total. The number of rotatable bonds is 8. The van der Waals surface area contributed by atoms with Gasteiger partial charge in [0.05, 0.1) is 12.8 Å². The fourth-order valence-corrected chi connectivity index (χ4v) is 3.03. The number of amides is 3. The Kier molecular flexibility index (Phi) is 8.13. The van der Waals surface area contributed by atoms with Crippen molar-refractivity contribution in [3.05, 3.63) is 58.1 Å². The molecule has 2 aromatic rings. The van der Waals surface area contributed by atoms with Gasteiger partial charge in [-0.05, 0) is 48.2 Å². The highest BCUT2D eigenvalue weighted by Gasteiger charge is 2.07. The first-order valence-electron chi connectivity index (χ1n) is 8.68. The van der Waals surface area contributed by atoms with Crippen molar-refractivity contribution in [3.8, 4) is 5.75 Å². The van der Waals surface area contributed by atoms with E-state index < -0.39 is 0 Å². The van der Waals surface area contributed by atoms with Gasteiger partial charge in [0.1, 0.15) is 5.75 Å². The van der Waals surface area contributed by atoms with Gasteiger partial charge in [0, 0.05) is 24.5 Å². The van der Waals surface area contributed by atoms with Crippen molar-refractivity contribution >= 4 is 33.6 Å². The van der Waals surface area contributed by atoms with Gasteiger partial charge in [0.15, 0.2) is 0 Å². The number of nitrogens with one attached hydrogen (secondary N) is 3. The minimum Gasteiger partial charge on any atom is -0.495 e. The summed E-state index contributed by atoms with van der Waals surface area (Å²) in [4.78, 5) is 23.2. The summed E-state index contributed by atoms with van der Waals surface area (Å²) in [5.74, 6) is 0.396. The molecule has 0 aliphatic carbocycles. The molecule has 0 bridgehead atoms. The van der Waals surface area contributed by atoms with Crippen molar-refractivity contribution in [2.45, 2.75) is 26.3 Å². The molecular formula is C20H24BrN3O3. The van der Waals surface area contributed by atoms with Gasteiger partial charge in [-0.1, -0.05) is 34.1 Å². The van der Waals surface area contributed by atoms with Crippen LogP contribution in [0.4, 0.5) is 10.5 Å². The summed E-state index contributed by atoms with van der Waals surface area (Å²) in [5.41, 5.74) is 2.68. The Balaban J connectivity index is 1.75. The number of carbonyl (C=O) groups is 2. The van der Waals surface area contributed by atoms with Crippen LogP contribution in [0.2, 0.25) is 0 Å². The molecule has 0 aliphatic heterocycles. The standard InChI is InChI=1S/C20H24BrN3O3/c1-14(25)24-18-12-16(8-9-19(18)27-2)13-23-20(26)22-10-4-6-15-5-3-7-17(21)11-15/h3,5,7-9,11-12H,4,6,10,13H2,1-2H3,(H,24,25)(H2,22,23,26). The maximum absolute atomic E-state index is 11.9. The molecule has 6 nitrogen and oxygen atoms in total. The normalized spacial score (nSPS) is 10.2. The smallest absolute Gasteiger partial charge is 0.315 e. The molecule has 0 aliphatic rings. The van der Waals surface area contributed by atoms with Crippen LogP contribution >= 0.6 is 15.9 Å². The second kappa shape index (κ2) is 10.6. The molecule has 27 heavy (non-hydrogen) atoms. The molecule has 0 heterocycles. The Morgan fingerprint density at radius 3 is 2.59 bits per heavy atom. The van der Waals surface area contributed by atoms with Crippen LogP contribution in [0.15, 0.2) is 46.9 Å². The molecule has 7 heteroatoms. The average Bonchev–Trinajstić information content (AvgIpc) is 2.63. The van der Waals surface area contributed by atoms with E-state index in [-0.39, 0.29) is 11.9 Å². The first-order valence-corrected chi connectivity index (χ1v) is 9.48. The summed E-state index contributed by atoms with van der Waals surface area (Å²) < 4.78 is 6.28. The van der Waals surface area contributed by atoms with Crippen molar-refractivity contribution < 1.29 is 14.3 Å². The maximum Gasteiger partial charge on any atom is 0.315 e. The molecule has 0 aromatic heterocycles. The Morgan fingerprint density at radius 2 is 1.89 bits per heavy atom. The lowest BCUT2D eigenvalue weighted by Gasteiger charge is -2.12. The lowest BCUT2D eigenvalue weighted by molar-refractivity contribution is -0.114. The predicted molar refractivity (Wildman–Crippen MR) is 110 cm³/mol. The van der Waals surface area contributed by atoms with E-state index in [1.165, 1.54) is 12.5 Å². The van der Waals surface area contributed by atoms with Crippen LogP contribution in [-0.4, -0.2) is 25.6 Å². The van der Waals surface area contributed by atoms with E-state index in [1.54, 1.807) is 19.2 Å². The molecule has 0 radical (unpaired) electrons. The van der Waals surface area contributed by atoms with Crippen molar-refractivity contribution in [1.82, 2.24) is 10.6 Å². The molecule has 0 saturated carbocycles. The van der Waals surface area contributed by atoms with Crippen molar-refractivity contribution in [3.63, 3.8) is 0 Å². The monoisotopic (exact) mass is 433 g/mol. The number of benzene rings is 2.